The van der Waals surface area contributed by atoms with Crippen molar-refractivity contribution in [1.82, 2.24) is 9.80 Å². The molecule has 1 spiro atoms. The predicted octanol–water partition coefficient (Wildman–Crippen LogP) is 2.43. The van der Waals surface area contributed by atoms with Crippen LogP contribution in [0, 0.1) is 5.41 Å². The molecule has 152 valence electrons. The summed E-state index contributed by atoms with van der Waals surface area (Å²) in [4.78, 5) is 17.2. The summed E-state index contributed by atoms with van der Waals surface area (Å²) in [7, 11) is 5.33. The number of nitrogens with zero attached hydrogens (tertiary/aromatic N) is 2. The molecule has 0 aliphatic carbocycles. The van der Waals surface area contributed by atoms with Crippen LogP contribution < -0.4 is 9.47 Å². The van der Waals surface area contributed by atoms with Gasteiger partial charge in [0.2, 0.25) is 5.91 Å². The highest BCUT2D eigenvalue weighted by atomic mass is 16.5. The Balaban J connectivity index is 1.40. The van der Waals surface area contributed by atoms with Crippen LogP contribution in [0.5, 0.6) is 11.5 Å². The normalized spacial score (nSPS) is 24.5. The van der Waals surface area contributed by atoms with Crippen LogP contribution in [0.25, 0.3) is 6.08 Å². The lowest BCUT2D eigenvalue weighted by molar-refractivity contribution is -0.155. The summed E-state index contributed by atoms with van der Waals surface area (Å²) < 4.78 is 16.8. The van der Waals surface area contributed by atoms with E-state index in [0.29, 0.717) is 19.1 Å². The largest absolute Gasteiger partial charge is 0.497 e. The lowest BCUT2D eigenvalue weighted by atomic mass is 9.71. The van der Waals surface area contributed by atoms with Crippen LogP contribution >= 0.6 is 0 Å². The van der Waals surface area contributed by atoms with Gasteiger partial charge >= 0.3 is 0 Å². The minimum Gasteiger partial charge on any atom is -0.497 e. The number of carbonyl (C=O) groups is 1. The second-order valence-electron chi connectivity index (χ2n) is 8.30. The topological polar surface area (TPSA) is 51.2 Å². The molecule has 1 aromatic rings. The van der Waals surface area contributed by atoms with Gasteiger partial charge < -0.3 is 19.1 Å². The Morgan fingerprint density at radius 3 is 2.75 bits per heavy atom. The van der Waals surface area contributed by atoms with Gasteiger partial charge in [-0.25, -0.2) is 0 Å². The van der Waals surface area contributed by atoms with Crippen molar-refractivity contribution in [3.8, 4) is 11.5 Å². The molecule has 1 amide bonds. The Morgan fingerprint density at radius 1 is 1.25 bits per heavy atom. The van der Waals surface area contributed by atoms with E-state index in [1.165, 1.54) is 5.57 Å². The van der Waals surface area contributed by atoms with Crippen molar-refractivity contribution in [2.75, 3.05) is 54.1 Å². The van der Waals surface area contributed by atoms with Gasteiger partial charge in [-0.1, -0.05) is 0 Å². The number of rotatable bonds is 4. The molecule has 2 fully saturated rings. The van der Waals surface area contributed by atoms with Gasteiger partial charge in [-0.2, -0.15) is 0 Å². The number of piperidine rings is 2. The molecular weight excluding hydrogens is 356 g/mol. The number of likely N-dealkylation sites (tertiary alicyclic amines) is 2. The molecule has 1 unspecified atom stereocenters. The van der Waals surface area contributed by atoms with Gasteiger partial charge in [0.15, 0.2) is 0 Å². The molecule has 4 rings (SSSR count). The van der Waals surface area contributed by atoms with E-state index in [2.05, 4.69) is 11.0 Å². The third kappa shape index (κ3) is 3.63. The summed E-state index contributed by atoms with van der Waals surface area (Å²) >= 11 is 0. The number of amides is 1. The van der Waals surface area contributed by atoms with Crippen LogP contribution in [0.4, 0.5) is 0 Å². The lowest BCUT2D eigenvalue weighted by Crippen LogP contribution is -2.56. The molecule has 2 saturated heterocycles. The lowest BCUT2D eigenvalue weighted by Gasteiger charge is -2.47. The van der Waals surface area contributed by atoms with Crippen LogP contribution in [-0.2, 0) is 9.53 Å². The fourth-order valence-corrected chi connectivity index (χ4v) is 4.80. The molecule has 28 heavy (non-hydrogen) atoms. The quantitative estimate of drug-likeness (QED) is 0.796. The van der Waals surface area contributed by atoms with Crippen LogP contribution in [0.15, 0.2) is 23.8 Å². The van der Waals surface area contributed by atoms with Crippen molar-refractivity contribution in [3.05, 3.63) is 29.3 Å². The first-order valence-corrected chi connectivity index (χ1v) is 10.0. The number of hydrogen-bond acceptors (Lipinski definition) is 5. The summed E-state index contributed by atoms with van der Waals surface area (Å²) in [5, 5.41) is 0. The number of methoxy groups -OCH3 is 2. The van der Waals surface area contributed by atoms with Crippen LogP contribution in [0.1, 0.15) is 24.8 Å². The van der Waals surface area contributed by atoms with Gasteiger partial charge in [-0.05, 0) is 62.2 Å². The van der Waals surface area contributed by atoms with E-state index in [9.17, 15) is 4.79 Å². The fourth-order valence-electron chi connectivity index (χ4n) is 4.80. The van der Waals surface area contributed by atoms with E-state index in [1.54, 1.807) is 14.2 Å². The molecule has 3 aliphatic heterocycles. The van der Waals surface area contributed by atoms with Crippen LogP contribution in [-0.4, -0.2) is 75.9 Å². The molecule has 0 saturated carbocycles. The van der Waals surface area contributed by atoms with Gasteiger partial charge in [0.1, 0.15) is 18.1 Å². The number of carbonyl (C=O) groups excluding carboxylic acids is 1. The summed E-state index contributed by atoms with van der Waals surface area (Å²) in [6, 6.07) is 5.90. The minimum absolute atomic E-state index is 0.148. The first-order valence-electron chi connectivity index (χ1n) is 10.0. The van der Waals surface area contributed by atoms with E-state index in [0.717, 1.165) is 56.0 Å². The molecule has 0 N–H and O–H groups in total. The smallest absolute Gasteiger partial charge is 0.228 e. The predicted molar refractivity (Wildman–Crippen MR) is 108 cm³/mol. The highest BCUT2D eigenvalue weighted by Crippen LogP contribution is 2.41. The molecule has 6 heteroatoms. The standard InChI is InChI=1S/C22H30N2O4/c1-23-14-19(27-3)12-22(21(23)25)6-8-24(9-7-22)13-16-10-17-11-18(26-2)4-5-20(17)28-15-16/h4-5,10-11,19H,6-9,12-15H2,1-3H3. The first kappa shape index (κ1) is 19.3. The molecular formula is C22H30N2O4. The Morgan fingerprint density at radius 2 is 2.04 bits per heavy atom. The van der Waals surface area contributed by atoms with E-state index >= 15 is 0 Å². The second-order valence-corrected chi connectivity index (χ2v) is 8.30. The molecule has 1 atom stereocenters. The zero-order valence-corrected chi connectivity index (χ0v) is 17.1. The maximum absolute atomic E-state index is 12.9. The molecule has 0 bridgehead atoms. The van der Waals surface area contributed by atoms with Gasteiger partial charge in [0, 0.05) is 32.8 Å². The summed E-state index contributed by atoms with van der Waals surface area (Å²) in [6.07, 6.45) is 5.00. The zero-order valence-electron chi connectivity index (χ0n) is 17.1. The van der Waals surface area contributed by atoms with E-state index in [4.69, 9.17) is 14.2 Å². The number of benzene rings is 1. The van der Waals surface area contributed by atoms with Gasteiger partial charge in [0.05, 0.1) is 18.6 Å². The SMILES string of the molecule is COc1ccc2c(c1)C=C(CN1CCC3(CC1)CC(OC)CN(C)C3=O)CO2. The van der Waals surface area contributed by atoms with Crippen molar-refractivity contribution >= 4 is 12.0 Å². The zero-order chi connectivity index (χ0) is 19.7. The third-order valence-electron chi connectivity index (χ3n) is 6.46. The minimum atomic E-state index is -0.248. The highest BCUT2D eigenvalue weighted by Gasteiger charge is 2.47. The van der Waals surface area contributed by atoms with E-state index in [1.807, 2.05) is 30.1 Å². The molecule has 1 aromatic carbocycles. The van der Waals surface area contributed by atoms with Gasteiger partial charge in [-0.15, -0.1) is 0 Å². The molecule has 0 aromatic heterocycles. The number of hydrogen-bond donors (Lipinski definition) is 0. The average molecular weight is 386 g/mol. The Labute approximate surface area is 167 Å². The maximum atomic E-state index is 12.9. The summed E-state index contributed by atoms with van der Waals surface area (Å²) in [5.74, 6) is 2.04. The van der Waals surface area contributed by atoms with E-state index in [-0.39, 0.29) is 11.5 Å². The molecule has 3 heterocycles. The number of ether oxygens (including phenoxy) is 3. The monoisotopic (exact) mass is 386 g/mol. The van der Waals surface area contributed by atoms with Gasteiger partial charge in [0.25, 0.3) is 0 Å². The number of likely N-dealkylation sites (N-methyl/N-ethyl adjacent to an activating group) is 1. The van der Waals surface area contributed by atoms with Crippen molar-refractivity contribution in [2.24, 2.45) is 5.41 Å². The molecule has 0 radical (unpaired) electrons. The summed E-state index contributed by atoms with van der Waals surface area (Å²) in [5.41, 5.74) is 2.08. The van der Waals surface area contributed by atoms with Crippen LogP contribution in [0.2, 0.25) is 0 Å². The van der Waals surface area contributed by atoms with Gasteiger partial charge in [-0.3, -0.25) is 9.69 Å². The van der Waals surface area contributed by atoms with E-state index < -0.39 is 0 Å². The first-order chi connectivity index (χ1) is 13.5. The third-order valence-corrected chi connectivity index (χ3v) is 6.46. The Kier molecular flexibility index (Phi) is 5.34. The van der Waals surface area contributed by atoms with Crippen molar-refractivity contribution < 1.29 is 19.0 Å². The van der Waals surface area contributed by atoms with Crippen molar-refractivity contribution in [1.29, 1.82) is 0 Å². The number of fused-ring (bicyclic) bond motifs is 1. The Bertz CT molecular complexity index is 768. The fraction of sp³-hybridized carbons (Fsp3) is 0.591. The second kappa shape index (κ2) is 7.76. The average Bonchev–Trinajstić information content (AvgIpc) is 2.72. The van der Waals surface area contributed by atoms with Crippen molar-refractivity contribution in [3.63, 3.8) is 0 Å². The summed E-state index contributed by atoms with van der Waals surface area (Å²) in [6.45, 7) is 4.06. The molecule has 3 aliphatic rings. The maximum Gasteiger partial charge on any atom is 0.228 e. The van der Waals surface area contributed by atoms with Crippen molar-refractivity contribution in [2.45, 2.75) is 25.4 Å². The molecule has 6 nitrogen and oxygen atoms in total. The highest BCUT2D eigenvalue weighted by molar-refractivity contribution is 5.83. The van der Waals surface area contributed by atoms with Crippen LogP contribution in [0.3, 0.4) is 0 Å². The Hall–Kier alpha value is -2.05.